The van der Waals surface area contributed by atoms with E-state index in [1.807, 2.05) is 18.2 Å². The fourth-order valence-electron chi connectivity index (χ4n) is 6.48. The summed E-state index contributed by atoms with van der Waals surface area (Å²) in [5, 5.41) is 4.00. The highest BCUT2D eigenvalue weighted by atomic mass is 16.7. The molecule has 7 nitrogen and oxygen atoms in total. The van der Waals surface area contributed by atoms with Crippen LogP contribution < -0.4 is 9.47 Å². The van der Waals surface area contributed by atoms with Crippen LogP contribution in [0, 0.1) is 23.2 Å². The number of hydrogen-bond donors (Lipinski definition) is 0. The van der Waals surface area contributed by atoms with Crippen LogP contribution in [-0.2, 0) is 19.2 Å². The van der Waals surface area contributed by atoms with Crippen molar-refractivity contribution in [2.75, 3.05) is 13.4 Å². The lowest BCUT2D eigenvalue weighted by Crippen LogP contribution is -2.52. The molecule has 0 amide bonds. The molecular formula is C24H29NO6. The fraction of sp³-hybridized carbons (Fsp3) is 0.625. The zero-order valence-electron chi connectivity index (χ0n) is 18.1. The first-order valence-electron chi connectivity index (χ1n) is 11.2. The molecule has 4 aliphatic carbocycles. The van der Waals surface area contributed by atoms with E-state index in [1.165, 1.54) is 19.3 Å². The van der Waals surface area contributed by atoms with Crippen LogP contribution >= 0.6 is 0 Å². The minimum absolute atomic E-state index is 0.0972. The second-order valence-electron chi connectivity index (χ2n) is 9.71. The van der Waals surface area contributed by atoms with Crippen LogP contribution in [-0.4, -0.2) is 37.0 Å². The summed E-state index contributed by atoms with van der Waals surface area (Å²) in [4.78, 5) is 30.7. The van der Waals surface area contributed by atoms with Gasteiger partial charge in [0.2, 0.25) is 13.4 Å². The molecule has 1 unspecified atom stereocenters. The first kappa shape index (κ1) is 20.3. The van der Waals surface area contributed by atoms with Crippen molar-refractivity contribution in [3.8, 4) is 11.5 Å². The average Bonchev–Trinajstić information content (AvgIpc) is 3.20. The Morgan fingerprint density at radius 2 is 1.74 bits per heavy atom. The Bertz CT molecular complexity index is 887. The summed E-state index contributed by atoms with van der Waals surface area (Å²) >= 11 is 0. The molecule has 166 valence electrons. The Hall–Kier alpha value is -2.57. The van der Waals surface area contributed by atoms with E-state index in [9.17, 15) is 9.59 Å². The molecular weight excluding hydrogens is 398 g/mol. The number of esters is 1. The van der Waals surface area contributed by atoms with Crippen LogP contribution in [0.4, 0.5) is 0 Å². The predicted molar refractivity (Wildman–Crippen MR) is 112 cm³/mol. The molecule has 1 atom stereocenters. The van der Waals surface area contributed by atoms with E-state index in [4.69, 9.17) is 19.0 Å². The van der Waals surface area contributed by atoms with Crippen molar-refractivity contribution in [1.82, 2.24) is 0 Å². The summed E-state index contributed by atoms with van der Waals surface area (Å²) in [6.45, 7) is 3.35. The molecule has 1 aromatic rings. The summed E-state index contributed by atoms with van der Waals surface area (Å²) in [6, 6.07) is 5.47. The molecule has 0 spiro atoms. The maximum Gasteiger partial charge on any atom is 0.347 e. The number of rotatable bonds is 7. The number of benzene rings is 1. The zero-order valence-corrected chi connectivity index (χ0v) is 18.1. The first-order chi connectivity index (χ1) is 14.9. The van der Waals surface area contributed by atoms with Crippen LogP contribution in [0.3, 0.4) is 0 Å². The van der Waals surface area contributed by atoms with E-state index >= 15 is 0 Å². The third-order valence-corrected chi connectivity index (χ3v) is 7.41. The monoisotopic (exact) mass is 427 g/mol. The van der Waals surface area contributed by atoms with Crippen molar-refractivity contribution < 1.29 is 28.6 Å². The number of carbonyl (C=O) groups excluding carboxylic acids is 2. The van der Waals surface area contributed by atoms with Crippen molar-refractivity contribution >= 4 is 17.5 Å². The molecule has 4 saturated carbocycles. The summed E-state index contributed by atoms with van der Waals surface area (Å²) in [5.74, 6) is 2.90. The third-order valence-electron chi connectivity index (χ3n) is 7.41. The summed E-state index contributed by atoms with van der Waals surface area (Å²) in [7, 11) is 0. The average molecular weight is 427 g/mol. The van der Waals surface area contributed by atoms with Gasteiger partial charge in [0, 0.05) is 11.0 Å². The number of hydrogen-bond acceptors (Lipinski definition) is 7. The highest BCUT2D eigenvalue weighted by molar-refractivity contribution is 5.99. The van der Waals surface area contributed by atoms with E-state index in [2.05, 4.69) is 5.16 Å². The van der Waals surface area contributed by atoms with E-state index < -0.39 is 12.1 Å². The summed E-state index contributed by atoms with van der Waals surface area (Å²) in [5.41, 5.74) is 1.13. The minimum Gasteiger partial charge on any atom is -0.454 e. The van der Waals surface area contributed by atoms with Crippen molar-refractivity contribution in [2.45, 2.75) is 58.5 Å². The van der Waals surface area contributed by atoms with Crippen LogP contribution in [0.15, 0.2) is 23.4 Å². The number of ketones is 1. The van der Waals surface area contributed by atoms with Crippen molar-refractivity contribution in [1.29, 1.82) is 0 Å². The normalized spacial score (nSPS) is 31.4. The van der Waals surface area contributed by atoms with Crippen LogP contribution in [0.25, 0.3) is 0 Å². The Labute approximate surface area is 182 Å². The highest BCUT2D eigenvalue weighted by Crippen LogP contribution is 2.60. The Morgan fingerprint density at radius 1 is 1.10 bits per heavy atom. The Morgan fingerprint density at radius 3 is 2.42 bits per heavy atom. The van der Waals surface area contributed by atoms with E-state index in [0.29, 0.717) is 35.0 Å². The van der Waals surface area contributed by atoms with Crippen molar-refractivity contribution in [3.05, 3.63) is 23.8 Å². The number of oxime groups is 1. The first-order valence-corrected chi connectivity index (χ1v) is 11.2. The molecule has 1 aromatic carbocycles. The van der Waals surface area contributed by atoms with Gasteiger partial charge in [0.05, 0.1) is 5.71 Å². The number of ether oxygens (including phenoxy) is 3. The summed E-state index contributed by atoms with van der Waals surface area (Å²) in [6.07, 6.45) is 5.98. The zero-order chi connectivity index (χ0) is 21.6. The molecule has 1 heterocycles. The van der Waals surface area contributed by atoms with Gasteiger partial charge >= 0.3 is 5.97 Å². The molecule has 6 rings (SSSR count). The summed E-state index contributed by atoms with van der Waals surface area (Å²) < 4.78 is 16.1. The van der Waals surface area contributed by atoms with E-state index in [0.717, 1.165) is 24.8 Å². The lowest BCUT2D eigenvalue weighted by molar-refractivity contribution is -0.167. The highest BCUT2D eigenvalue weighted by Gasteiger charge is 2.55. The molecule has 0 aromatic heterocycles. The van der Waals surface area contributed by atoms with Gasteiger partial charge < -0.3 is 19.0 Å². The van der Waals surface area contributed by atoms with Crippen molar-refractivity contribution in [3.63, 3.8) is 0 Å². The Kier molecular flexibility index (Phi) is 5.15. The SMILES string of the molecule is CC(=NOCC(=O)OC(C)C(=O)C12CC3CC(CC(C3)C1)C2)c1ccc2c(c1)OCO2. The molecule has 5 aliphatic rings. The topological polar surface area (TPSA) is 83.4 Å². The van der Waals surface area contributed by atoms with Crippen LogP contribution in [0.5, 0.6) is 11.5 Å². The minimum atomic E-state index is -0.744. The number of fused-ring (bicyclic) bond motifs is 1. The van der Waals surface area contributed by atoms with Crippen LogP contribution in [0.2, 0.25) is 0 Å². The number of Topliss-reactive ketones (excluding diaryl/α,β-unsaturated/α-hetero) is 1. The maximum atomic E-state index is 13.2. The molecule has 7 heteroatoms. The van der Waals surface area contributed by atoms with E-state index in [1.54, 1.807) is 13.8 Å². The smallest absolute Gasteiger partial charge is 0.347 e. The van der Waals surface area contributed by atoms with Crippen molar-refractivity contribution in [2.24, 2.45) is 28.3 Å². The standard InChI is InChI=1S/C24H29NO6/c1-14(19-3-4-20-21(8-19)29-13-28-20)25-30-12-22(26)31-15(2)23(27)24-9-16-5-17(10-24)7-18(6-16)11-24/h3-4,8,15-18H,5-7,9-13H2,1-2H3. The maximum absolute atomic E-state index is 13.2. The second-order valence-corrected chi connectivity index (χ2v) is 9.71. The van der Waals surface area contributed by atoms with Gasteiger partial charge in [-0.1, -0.05) is 5.16 Å². The number of nitrogens with zero attached hydrogens (tertiary/aromatic N) is 1. The lowest BCUT2D eigenvalue weighted by atomic mass is 9.48. The van der Waals surface area contributed by atoms with Gasteiger partial charge in [-0.25, -0.2) is 4.79 Å². The third kappa shape index (κ3) is 3.90. The largest absolute Gasteiger partial charge is 0.454 e. The molecule has 0 N–H and O–H groups in total. The van der Waals surface area contributed by atoms with Crippen LogP contribution in [0.1, 0.15) is 57.9 Å². The lowest BCUT2D eigenvalue weighted by Gasteiger charge is -2.56. The van der Waals surface area contributed by atoms with E-state index in [-0.39, 0.29) is 24.6 Å². The molecule has 0 radical (unpaired) electrons. The predicted octanol–water partition coefficient (Wildman–Crippen LogP) is 3.87. The molecule has 4 fully saturated rings. The molecule has 1 aliphatic heterocycles. The molecule has 4 bridgehead atoms. The van der Waals surface area contributed by atoms with Gasteiger partial charge in [-0.05, 0) is 88.3 Å². The molecule has 0 saturated heterocycles. The van der Waals surface area contributed by atoms with Gasteiger partial charge in [-0.15, -0.1) is 0 Å². The fourth-order valence-corrected chi connectivity index (χ4v) is 6.48. The van der Waals surface area contributed by atoms with Gasteiger partial charge in [-0.2, -0.15) is 0 Å². The second kappa shape index (κ2) is 7.84. The van der Waals surface area contributed by atoms with Gasteiger partial charge in [0.15, 0.2) is 23.4 Å². The van der Waals surface area contributed by atoms with Gasteiger partial charge in [0.1, 0.15) is 0 Å². The van der Waals surface area contributed by atoms with Gasteiger partial charge in [0.25, 0.3) is 0 Å². The quantitative estimate of drug-likeness (QED) is 0.373. The molecule has 31 heavy (non-hydrogen) atoms. The number of carbonyl (C=O) groups is 2. The Balaban J connectivity index is 1.14. The van der Waals surface area contributed by atoms with Gasteiger partial charge in [-0.3, -0.25) is 4.79 Å².